The summed E-state index contributed by atoms with van der Waals surface area (Å²) in [5.41, 5.74) is 1.95. The van der Waals surface area contributed by atoms with Crippen LogP contribution in [0.5, 0.6) is 0 Å². The van der Waals surface area contributed by atoms with Crippen LogP contribution in [0, 0.1) is 6.92 Å². The van der Waals surface area contributed by atoms with Gasteiger partial charge in [-0.25, -0.2) is 13.1 Å². The minimum absolute atomic E-state index is 0.132. The number of benzene rings is 1. The van der Waals surface area contributed by atoms with E-state index in [0.29, 0.717) is 10.9 Å². The maximum atomic E-state index is 12.4. The first-order valence-corrected chi connectivity index (χ1v) is 8.89. The maximum absolute atomic E-state index is 12.4. The van der Waals surface area contributed by atoms with Crippen LogP contribution in [0.1, 0.15) is 43.2 Å². The number of nitrogens with one attached hydrogen (secondary N) is 2. The summed E-state index contributed by atoms with van der Waals surface area (Å²) in [5.74, 6) is 0. The first kappa shape index (κ1) is 14.0. The van der Waals surface area contributed by atoms with Crippen molar-refractivity contribution in [1.29, 1.82) is 0 Å². The average Bonchev–Trinajstić information content (AvgIpc) is 3.17. The van der Waals surface area contributed by atoms with E-state index in [4.69, 9.17) is 0 Å². The smallest absolute Gasteiger partial charge is 0.241 e. The number of hydrogen-bond donors (Lipinski definition) is 2. The van der Waals surface area contributed by atoms with Gasteiger partial charge in [0.15, 0.2) is 0 Å². The second kappa shape index (κ2) is 5.47. The largest absolute Gasteiger partial charge is 0.310 e. The minimum Gasteiger partial charge on any atom is -0.310 e. The van der Waals surface area contributed by atoms with Gasteiger partial charge in [-0.3, -0.25) is 0 Å². The summed E-state index contributed by atoms with van der Waals surface area (Å²) in [4.78, 5) is 0.430. The van der Waals surface area contributed by atoms with Crippen LogP contribution in [-0.2, 0) is 16.6 Å². The van der Waals surface area contributed by atoms with Crippen LogP contribution in [0.15, 0.2) is 23.1 Å². The molecule has 0 saturated heterocycles. The number of sulfonamides is 1. The van der Waals surface area contributed by atoms with E-state index in [-0.39, 0.29) is 6.04 Å². The van der Waals surface area contributed by atoms with Gasteiger partial charge >= 0.3 is 0 Å². The highest BCUT2D eigenvalue weighted by atomic mass is 32.2. The Bertz CT molecular complexity index is 590. The highest BCUT2D eigenvalue weighted by Crippen LogP contribution is 2.25. The summed E-state index contributed by atoms with van der Waals surface area (Å²) in [6.45, 7) is 2.66. The van der Waals surface area contributed by atoms with E-state index in [1.165, 1.54) is 12.8 Å². The van der Waals surface area contributed by atoms with Crippen molar-refractivity contribution in [2.75, 3.05) is 0 Å². The molecule has 4 nitrogen and oxygen atoms in total. The van der Waals surface area contributed by atoms with Crippen LogP contribution < -0.4 is 10.0 Å². The van der Waals surface area contributed by atoms with E-state index in [1.54, 1.807) is 6.07 Å². The normalized spacial score (nSPS) is 19.9. The lowest BCUT2D eigenvalue weighted by atomic mass is 9.94. The lowest BCUT2D eigenvalue weighted by Gasteiger charge is -2.26. The molecule has 0 aliphatic heterocycles. The Balaban J connectivity index is 1.78. The molecule has 3 rings (SSSR count). The Kier molecular flexibility index (Phi) is 3.84. The van der Waals surface area contributed by atoms with Crippen LogP contribution in [0.3, 0.4) is 0 Å². The third-order valence-electron chi connectivity index (χ3n) is 4.27. The maximum Gasteiger partial charge on any atom is 0.241 e. The summed E-state index contributed by atoms with van der Waals surface area (Å²) in [6.07, 6.45) is 5.51. The molecule has 2 N–H and O–H groups in total. The molecule has 1 aromatic carbocycles. The van der Waals surface area contributed by atoms with E-state index < -0.39 is 10.0 Å². The van der Waals surface area contributed by atoms with Crippen molar-refractivity contribution in [2.24, 2.45) is 0 Å². The van der Waals surface area contributed by atoms with Crippen molar-refractivity contribution in [3.05, 3.63) is 29.3 Å². The van der Waals surface area contributed by atoms with Gasteiger partial charge < -0.3 is 5.32 Å². The Hall–Kier alpha value is -0.910. The third kappa shape index (κ3) is 3.05. The highest BCUT2D eigenvalue weighted by Gasteiger charge is 2.26. The Morgan fingerprint density at radius 3 is 2.50 bits per heavy atom. The zero-order chi connectivity index (χ0) is 14.2. The fourth-order valence-electron chi connectivity index (χ4n) is 2.49. The lowest BCUT2D eigenvalue weighted by molar-refractivity contribution is 0.383. The van der Waals surface area contributed by atoms with Gasteiger partial charge in [-0.15, -0.1) is 0 Å². The van der Waals surface area contributed by atoms with Crippen LogP contribution >= 0.6 is 0 Å². The van der Waals surface area contributed by atoms with E-state index >= 15 is 0 Å². The molecule has 0 amide bonds. The van der Waals surface area contributed by atoms with Gasteiger partial charge in [0.05, 0.1) is 4.90 Å². The standard InChI is InChI=1S/C15H22N2O2S/c1-11-12(10-16-13-8-9-13)4-2-7-15(11)20(18,19)17-14-5-3-6-14/h2,4,7,13-14,16-17H,3,5-6,8-10H2,1H3. The summed E-state index contributed by atoms with van der Waals surface area (Å²) in [7, 11) is -3.37. The molecule has 0 bridgehead atoms. The Labute approximate surface area is 121 Å². The minimum atomic E-state index is -3.37. The summed E-state index contributed by atoms with van der Waals surface area (Å²) >= 11 is 0. The molecule has 0 aromatic heterocycles. The molecule has 1 aromatic rings. The summed E-state index contributed by atoms with van der Waals surface area (Å²) < 4.78 is 27.7. The second-order valence-corrected chi connectivity index (χ2v) is 7.63. The van der Waals surface area contributed by atoms with E-state index in [0.717, 1.165) is 36.9 Å². The number of hydrogen-bond acceptors (Lipinski definition) is 3. The molecular weight excluding hydrogens is 272 g/mol. The van der Waals surface area contributed by atoms with Gasteiger partial charge in [0.1, 0.15) is 0 Å². The van der Waals surface area contributed by atoms with Crippen molar-refractivity contribution in [2.45, 2.75) is 62.6 Å². The second-order valence-electron chi connectivity index (χ2n) is 5.94. The molecule has 5 heteroatoms. The molecule has 20 heavy (non-hydrogen) atoms. The van der Waals surface area contributed by atoms with E-state index in [1.807, 2.05) is 19.1 Å². The van der Waals surface area contributed by atoms with E-state index in [9.17, 15) is 8.42 Å². The molecule has 2 fully saturated rings. The first-order chi connectivity index (χ1) is 9.56. The lowest BCUT2D eigenvalue weighted by Crippen LogP contribution is -2.39. The predicted molar refractivity (Wildman–Crippen MR) is 79.0 cm³/mol. The van der Waals surface area contributed by atoms with Gasteiger partial charge in [0, 0.05) is 18.6 Å². The van der Waals surface area contributed by atoms with Gasteiger partial charge in [-0.05, 0) is 49.8 Å². The quantitative estimate of drug-likeness (QED) is 0.844. The molecule has 2 aliphatic carbocycles. The van der Waals surface area contributed by atoms with Gasteiger partial charge in [0.2, 0.25) is 10.0 Å². The molecule has 0 atom stereocenters. The fraction of sp³-hybridized carbons (Fsp3) is 0.600. The van der Waals surface area contributed by atoms with Crippen LogP contribution in [0.2, 0.25) is 0 Å². The first-order valence-electron chi connectivity index (χ1n) is 7.40. The van der Waals surface area contributed by atoms with Crippen molar-refractivity contribution in [3.8, 4) is 0 Å². The van der Waals surface area contributed by atoms with Crippen molar-refractivity contribution >= 4 is 10.0 Å². The van der Waals surface area contributed by atoms with Crippen LogP contribution in [-0.4, -0.2) is 20.5 Å². The third-order valence-corrected chi connectivity index (χ3v) is 5.94. The van der Waals surface area contributed by atoms with Crippen molar-refractivity contribution in [3.63, 3.8) is 0 Å². The average molecular weight is 294 g/mol. The van der Waals surface area contributed by atoms with E-state index in [2.05, 4.69) is 10.0 Å². The van der Waals surface area contributed by atoms with Crippen molar-refractivity contribution in [1.82, 2.24) is 10.0 Å². The Morgan fingerprint density at radius 1 is 1.15 bits per heavy atom. The van der Waals surface area contributed by atoms with Crippen LogP contribution in [0.4, 0.5) is 0 Å². The molecule has 0 radical (unpaired) electrons. The molecule has 0 unspecified atom stereocenters. The number of rotatable bonds is 6. The zero-order valence-electron chi connectivity index (χ0n) is 11.9. The molecule has 2 saturated carbocycles. The molecular formula is C15H22N2O2S. The molecule has 110 valence electrons. The monoisotopic (exact) mass is 294 g/mol. The van der Waals surface area contributed by atoms with Gasteiger partial charge in [-0.2, -0.15) is 0 Å². The fourth-order valence-corrected chi connectivity index (χ4v) is 4.09. The Morgan fingerprint density at radius 2 is 1.90 bits per heavy atom. The van der Waals surface area contributed by atoms with Gasteiger partial charge in [0.25, 0.3) is 0 Å². The molecule has 0 heterocycles. The molecule has 2 aliphatic rings. The zero-order valence-corrected chi connectivity index (χ0v) is 12.7. The van der Waals surface area contributed by atoms with Gasteiger partial charge in [-0.1, -0.05) is 18.6 Å². The highest BCUT2D eigenvalue weighted by molar-refractivity contribution is 7.89. The SMILES string of the molecule is Cc1c(CNC2CC2)cccc1S(=O)(=O)NC1CCC1. The predicted octanol–water partition coefficient (Wildman–Crippen LogP) is 2.08. The summed E-state index contributed by atoms with van der Waals surface area (Å²) in [5, 5.41) is 3.44. The van der Waals surface area contributed by atoms with Crippen LogP contribution in [0.25, 0.3) is 0 Å². The summed E-state index contributed by atoms with van der Waals surface area (Å²) in [6, 6.07) is 6.31. The van der Waals surface area contributed by atoms with Crippen molar-refractivity contribution < 1.29 is 8.42 Å². The molecule has 0 spiro atoms. The topological polar surface area (TPSA) is 58.2 Å².